The van der Waals surface area contributed by atoms with E-state index >= 15 is 0 Å². The number of rotatable bonds is 8. The molecule has 0 aromatic heterocycles. The van der Waals surface area contributed by atoms with E-state index in [0.29, 0.717) is 11.4 Å². The second-order valence-corrected chi connectivity index (χ2v) is 12.0. The molecule has 4 heteroatoms. The Morgan fingerprint density at radius 3 is 2.29 bits per heavy atom. The molecule has 0 spiro atoms. The Kier molecular flexibility index (Phi) is 8.86. The van der Waals surface area contributed by atoms with Crippen LogP contribution in [-0.2, 0) is 23.1 Å². The van der Waals surface area contributed by atoms with Gasteiger partial charge >= 0.3 is 0 Å². The molecule has 0 atom stereocenters. The fourth-order valence-corrected chi connectivity index (χ4v) is 6.72. The number of benzene rings is 3. The molecule has 2 aliphatic heterocycles. The first kappa shape index (κ1) is 27.0. The number of piperidine rings is 2. The highest BCUT2D eigenvalue weighted by molar-refractivity contribution is 6.30. The summed E-state index contributed by atoms with van der Waals surface area (Å²) in [6.45, 7) is 7.39. The molecule has 5 rings (SSSR count). The Morgan fingerprint density at radius 2 is 1.58 bits per heavy atom. The predicted molar refractivity (Wildman–Crippen MR) is 158 cm³/mol. The summed E-state index contributed by atoms with van der Waals surface area (Å²) < 4.78 is 0. The van der Waals surface area contributed by atoms with Gasteiger partial charge in [0, 0.05) is 18.1 Å². The Bertz CT molecular complexity index is 1190. The van der Waals surface area contributed by atoms with Gasteiger partial charge in [-0.3, -0.25) is 4.79 Å². The van der Waals surface area contributed by atoms with Crippen LogP contribution in [0.4, 0.5) is 0 Å². The molecule has 0 unspecified atom stereocenters. The number of likely N-dealkylation sites (tertiary alicyclic amines) is 2. The summed E-state index contributed by atoms with van der Waals surface area (Å²) in [7, 11) is 0. The van der Waals surface area contributed by atoms with Gasteiger partial charge in [-0.15, -0.1) is 0 Å². The van der Waals surface area contributed by atoms with Crippen molar-refractivity contribution >= 4 is 17.5 Å². The molecular weight excluding hydrogens is 488 g/mol. The fourth-order valence-electron chi connectivity index (χ4n) is 6.51. The Morgan fingerprint density at radius 1 is 0.868 bits per heavy atom. The van der Waals surface area contributed by atoms with Crippen LogP contribution in [0.1, 0.15) is 54.4 Å². The summed E-state index contributed by atoms with van der Waals surface area (Å²) in [5.41, 5.74) is 5.39. The standard InChI is InChI=1S/C34H41ClN2O/c1-27-7-5-11-31(23-27)34(15-20-36-18-13-29(14-19-36)24-28-8-3-2-4-9-28)16-21-37(22-17-34)33(38)26-30-10-6-12-32(35)25-30/h2-12,23,25,29H,13-22,24,26H2,1H3. The van der Waals surface area contributed by atoms with Gasteiger partial charge in [0.1, 0.15) is 0 Å². The minimum absolute atomic E-state index is 0.139. The maximum absolute atomic E-state index is 13.1. The van der Waals surface area contributed by atoms with Gasteiger partial charge in [-0.2, -0.15) is 0 Å². The van der Waals surface area contributed by atoms with Crippen LogP contribution in [0, 0.1) is 12.8 Å². The number of carbonyl (C=O) groups excluding carboxylic acids is 1. The highest BCUT2D eigenvalue weighted by atomic mass is 35.5. The number of halogens is 1. The third-order valence-corrected chi connectivity index (χ3v) is 9.16. The average molecular weight is 529 g/mol. The van der Waals surface area contributed by atoms with E-state index in [1.165, 1.54) is 49.0 Å². The van der Waals surface area contributed by atoms with E-state index in [4.69, 9.17) is 11.6 Å². The van der Waals surface area contributed by atoms with Crippen LogP contribution in [0.2, 0.25) is 5.02 Å². The quantitative estimate of drug-likeness (QED) is 0.311. The number of nitrogens with zero attached hydrogens (tertiary/aromatic N) is 2. The summed E-state index contributed by atoms with van der Waals surface area (Å²) in [5.74, 6) is 1.01. The molecule has 38 heavy (non-hydrogen) atoms. The van der Waals surface area contributed by atoms with E-state index in [0.717, 1.165) is 50.4 Å². The van der Waals surface area contributed by atoms with Crippen molar-refractivity contribution in [1.29, 1.82) is 0 Å². The van der Waals surface area contributed by atoms with E-state index in [-0.39, 0.29) is 11.3 Å². The lowest BCUT2D eigenvalue weighted by Crippen LogP contribution is -2.47. The van der Waals surface area contributed by atoms with Crippen molar-refractivity contribution in [3.8, 4) is 0 Å². The molecule has 2 saturated heterocycles. The highest BCUT2D eigenvalue weighted by Gasteiger charge is 2.38. The van der Waals surface area contributed by atoms with Crippen molar-refractivity contribution in [3.05, 3.63) is 106 Å². The van der Waals surface area contributed by atoms with Gasteiger partial charge in [0.2, 0.25) is 5.91 Å². The summed E-state index contributed by atoms with van der Waals surface area (Å²) in [5, 5.41) is 0.691. The van der Waals surface area contributed by atoms with E-state index < -0.39 is 0 Å². The van der Waals surface area contributed by atoms with Gasteiger partial charge < -0.3 is 9.80 Å². The summed E-state index contributed by atoms with van der Waals surface area (Å²) in [6, 6.07) is 27.7. The number of hydrogen-bond donors (Lipinski definition) is 0. The topological polar surface area (TPSA) is 23.6 Å². The summed E-state index contributed by atoms with van der Waals surface area (Å²) in [4.78, 5) is 17.9. The van der Waals surface area contributed by atoms with E-state index in [1.54, 1.807) is 0 Å². The van der Waals surface area contributed by atoms with Crippen LogP contribution in [0.3, 0.4) is 0 Å². The summed E-state index contributed by atoms with van der Waals surface area (Å²) in [6.07, 6.45) is 7.44. The predicted octanol–water partition coefficient (Wildman–Crippen LogP) is 7.10. The van der Waals surface area contributed by atoms with Crippen molar-refractivity contribution < 1.29 is 4.79 Å². The number of amides is 1. The molecule has 3 aromatic rings. The number of hydrogen-bond acceptors (Lipinski definition) is 2. The smallest absolute Gasteiger partial charge is 0.226 e. The van der Waals surface area contributed by atoms with Gasteiger partial charge in [-0.05, 0) is 105 Å². The van der Waals surface area contributed by atoms with Crippen LogP contribution >= 0.6 is 11.6 Å². The Labute approximate surface area is 233 Å². The van der Waals surface area contributed by atoms with Gasteiger partial charge in [0.05, 0.1) is 6.42 Å². The van der Waals surface area contributed by atoms with Crippen molar-refractivity contribution in [1.82, 2.24) is 9.80 Å². The normalized spacial score (nSPS) is 18.4. The number of carbonyl (C=O) groups is 1. The van der Waals surface area contributed by atoms with Crippen LogP contribution in [0.5, 0.6) is 0 Å². The zero-order valence-electron chi connectivity index (χ0n) is 22.7. The SMILES string of the molecule is Cc1cccc(C2(CCN3CCC(Cc4ccccc4)CC3)CCN(C(=O)Cc3cccc(Cl)c3)CC2)c1. The molecule has 200 valence electrons. The van der Waals surface area contributed by atoms with Crippen LogP contribution < -0.4 is 0 Å². The molecule has 0 radical (unpaired) electrons. The van der Waals surface area contributed by atoms with Gasteiger partial charge in [0.15, 0.2) is 0 Å². The molecule has 2 fully saturated rings. The molecule has 3 nitrogen and oxygen atoms in total. The first-order valence-corrected chi connectivity index (χ1v) is 14.7. The van der Waals surface area contributed by atoms with Gasteiger partial charge in [-0.25, -0.2) is 0 Å². The molecule has 2 heterocycles. The zero-order valence-corrected chi connectivity index (χ0v) is 23.5. The molecule has 0 aliphatic carbocycles. The fraction of sp³-hybridized carbons (Fsp3) is 0.441. The largest absolute Gasteiger partial charge is 0.342 e. The van der Waals surface area contributed by atoms with Crippen LogP contribution in [0.15, 0.2) is 78.9 Å². The number of aryl methyl sites for hydroxylation is 1. The van der Waals surface area contributed by atoms with E-state index in [9.17, 15) is 4.79 Å². The van der Waals surface area contributed by atoms with Crippen molar-refractivity contribution in [2.24, 2.45) is 5.92 Å². The molecule has 0 saturated carbocycles. The van der Waals surface area contributed by atoms with Crippen molar-refractivity contribution in [3.63, 3.8) is 0 Å². The molecule has 1 amide bonds. The first-order chi connectivity index (χ1) is 18.5. The van der Waals surface area contributed by atoms with Crippen molar-refractivity contribution in [2.45, 2.75) is 57.3 Å². The second-order valence-electron chi connectivity index (χ2n) is 11.6. The highest BCUT2D eigenvalue weighted by Crippen LogP contribution is 2.40. The van der Waals surface area contributed by atoms with E-state index in [2.05, 4.69) is 71.3 Å². The Balaban J connectivity index is 1.19. The zero-order chi connectivity index (χ0) is 26.4. The molecule has 3 aromatic carbocycles. The van der Waals surface area contributed by atoms with Crippen LogP contribution in [0.25, 0.3) is 0 Å². The molecule has 0 N–H and O–H groups in total. The minimum Gasteiger partial charge on any atom is -0.342 e. The minimum atomic E-state index is 0.139. The van der Waals surface area contributed by atoms with E-state index in [1.807, 2.05) is 24.3 Å². The monoisotopic (exact) mass is 528 g/mol. The average Bonchev–Trinajstić information content (AvgIpc) is 2.93. The lowest BCUT2D eigenvalue weighted by Gasteiger charge is -2.44. The lowest BCUT2D eigenvalue weighted by atomic mass is 9.70. The third-order valence-electron chi connectivity index (χ3n) is 8.93. The first-order valence-electron chi connectivity index (χ1n) is 14.3. The maximum atomic E-state index is 13.1. The molecule has 2 aliphatic rings. The Hall–Kier alpha value is -2.62. The second kappa shape index (κ2) is 12.5. The third kappa shape index (κ3) is 6.87. The molecular formula is C34H41ClN2O. The lowest BCUT2D eigenvalue weighted by molar-refractivity contribution is -0.132. The van der Waals surface area contributed by atoms with Gasteiger partial charge in [0.25, 0.3) is 0 Å². The summed E-state index contributed by atoms with van der Waals surface area (Å²) >= 11 is 6.15. The maximum Gasteiger partial charge on any atom is 0.226 e. The molecule has 0 bridgehead atoms. The van der Waals surface area contributed by atoms with Gasteiger partial charge in [-0.1, -0.05) is 83.9 Å². The van der Waals surface area contributed by atoms with Crippen molar-refractivity contribution in [2.75, 3.05) is 32.7 Å². The van der Waals surface area contributed by atoms with Crippen LogP contribution in [-0.4, -0.2) is 48.4 Å².